The van der Waals surface area contributed by atoms with Crippen LogP contribution in [-0.4, -0.2) is 40.4 Å². The molecule has 0 saturated heterocycles. The zero-order valence-electron chi connectivity index (χ0n) is 18.7. The van der Waals surface area contributed by atoms with Gasteiger partial charge in [-0.25, -0.2) is 17.4 Å². The predicted molar refractivity (Wildman–Crippen MR) is 117 cm³/mol. The van der Waals surface area contributed by atoms with Gasteiger partial charge >= 0.3 is 0 Å². The van der Waals surface area contributed by atoms with Crippen molar-refractivity contribution in [2.45, 2.75) is 76.3 Å². The van der Waals surface area contributed by atoms with Crippen molar-refractivity contribution in [1.82, 2.24) is 14.1 Å². The van der Waals surface area contributed by atoms with Crippen LogP contribution in [0, 0.1) is 0 Å². The van der Waals surface area contributed by atoms with Crippen LogP contribution in [0.1, 0.15) is 80.8 Å². The van der Waals surface area contributed by atoms with Crippen LogP contribution in [-0.2, 0) is 21.0 Å². The molecule has 2 heterocycles. The van der Waals surface area contributed by atoms with Crippen LogP contribution in [0.25, 0.3) is 0 Å². The molecule has 1 saturated carbocycles. The molecule has 1 N–H and O–H groups in total. The second kappa shape index (κ2) is 6.66. The third kappa shape index (κ3) is 3.64. The number of sulfonamides is 1. The molecule has 1 aromatic carbocycles. The number of nitrogens with zero attached hydrogens (tertiary/aromatic N) is 3. The molecule has 1 aromatic heterocycles. The standard InChI is InChI=1S/C22H28N4O4S/c1-21(2,3)17-12-18(26(24-17)22(4,5)6)23-19(27)13-7-10-15-16(11-13)31(29,30)25(20(15)28)14-8-9-14/h7,10-12,14H,8-9H2,1-6H3,(H,23,27). The Bertz CT molecular complexity index is 1200. The first kappa shape index (κ1) is 21.5. The molecule has 1 aliphatic carbocycles. The molecule has 4 rings (SSSR count). The maximum absolute atomic E-state index is 13.0. The number of carbonyl (C=O) groups is 2. The highest BCUT2D eigenvalue weighted by molar-refractivity contribution is 7.90. The minimum Gasteiger partial charge on any atom is -0.307 e. The molecule has 166 valence electrons. The van der Waals surface area contributed by atoms with Crippen molar-refractivity contribution in [2.24, 2.45) is 0 Å². The molecule has 31 heavy (non-hydrogen) atoms. The third-order valence-electron chi connectivity index (χ3n) is 5.44. The number of hydrogen-bond acceptors (Lipinski definition) is 5. The topological polar surface area (TPSA) is 101 Å². The summed E-state index contributed by atoms with van der Waals surface area (Å²) in [6, 6.07) is 5.78. The van der Waals surface area contributed by atoms with Crippen LogP contribution in [0.2, 0.25) is 0 Å². The van der Waals surface area contributed by atoms with E-state index in [2.05, 4.69) is 10.4 Å². The molecule has 2 amide bonds. The second-order valence-electron chi connectivity index (χ2n) is 10.2. The summed E-state index contributed by atoms with van der Waals surface area (Å²) in [5.74, 6) is -0.437. The number of benzene rings is 1. The number of amides is 2. The SMILES string of the molecule is CC(C)(C)c1cc(NC(=O)c2ccc3c(c2)S(=O)(=O)N(C2CC2)C3=O)n(C(C)(C)C)n1. The first-order valence-corrected chi connectivity index (χ1v) is 11.8. The normalized spacial score (nSPS) is 18.3. The zero-order valence-corrected chi connectivity index (χ0v) is 19.5. The Morgan fingerprint density at radius 2 is 1.74 bits per heavy atom. The lowest BCUT2D eigenvalue weighted by Gasteiger charge is -2.23. The monoisotopic (exact) mass is 444 g/mol. The van der Waals surface area contributed by atoms with Crippen molar-refractivity contribution >= 4 is 27.7 Å². The van der Waals surface area contributed by atoms with E-state index < -0.39 is 21.8 Å². The van der Waals surface area contributed by atoms with Crippen molar-refractivity contribution in [1.29, 1.82) is 0 Å². The van der Waals surface area contributed by atoms with Crippen molar-refractivity contribution in [2.75, 3.05) is 5.32 Å². The minimum absolute atomic E-state index is 0.100. The summed E-state index contributed by atoms with van der Waals surface area (Å²) < 4.78 is 28.5. The molecule has 0 radical (unpaired) electrons. The first-order chi connectivity index (χ1) is 14.2. The quantitative estimate of drug-likeness (QED) is 0.781. The van der Waals surface area contributed by atoms with Gasteiger partial charge in [0.25, 0.3) is 21.8 Å². The van der Waals surface area contributed by atoms with E-state index in [1.54, 1.807) is 4.68 Å². The lowest BCUT2D eigenvalue weighted by molar-refractivity contribution is 0.0864. The number of aromatic nitrogens is 2. The number of hydrogen-bond donors (Lipinski definition) is 1. The van der Waals surface area contributed by atoms with E-state index in [-0.39, 0.29) is 33.0 Å². The maximum Gasteiger partial charge on any atom is 0.269 e. The van der Waals surface area contributed by atoms with E-state index in [1.165, 1.54) is 18.2 Å². The summed E-state index contributed by atoms with van der Waals surface area (Å²) in [5, 5.41) is 7.55. The number of carbonyl (C=O) groups excluding carboxylic acids is 2. The molecule has 2 aromatic rings. The van der Waals surface area contributed by atoms with Gasteiger partial charge in [-0.3, -0.25) is 9.59 Å². The largest absolute Gasteiger partial charge is 0.307 e. The Morgan fingerprint density at radius 3 is 2.29 bits per heavy atom. The van der Waals surface area contributed by atoms with Crippen LogP contribution in [0.4, 0.5) is 5.82 Å². The van der Waals surface area contributed by atoms with E-state index in [0.717, 1.165) is 10.00 Å². The Morgan fingerprint density at radius 1 is 1.10 bits per heavy atom. The Labute approximate surface area is 182 Å². The van der Waals surface area contributed by atoms with Crippen LogP contribution in [0.5, 0.6) is 0 Å². The van der Waals surface area contributed by atoms with Crippen molar-refractivity contribution in [3.05, 3.63) is 41.1 Å². The lowest BCUT2D eigenvalue weighted by Crippen LogP contribution is -2.32. The van der Waals surface area contributed by atoms with E-state index in [9.17, 15) is 18.0 Å². The van der Waals surface area contributed by atoms with Gasteiger partial charge in [-0.05, 0) is 51.8 Å². The highest BCUT2D eigenvalue weighted by Crippen LogP contribution is 2.39. The number of anilines is 1. The summed E-state index contributed by atoms with van der Waals surface area (Å²) >= 11 is 0. The lowest BCUT2D eigenvalue weighted by atomic mass is 9.92. The van der Waals surface area contributed by atoms with Gasteiger partial charge in [0.15, 0.2) is 0 Å². The molecular weight excluding hydrogens is 416 g/mol. The molecular formula is C22H28N4O4S. The molecule has 0 unspecified atom stereocenters. The molecule has 1 aliphatic heterocycles. The van der Waals surface area contributed by atoms with Crippen LogP contribution in [0.15, 0.2) is 29.2 Å². The summed E-state index contributed by atoms with van der Waals surface area (Å²) in [7, 11) is -3.92. The van der Waals surface area contributed by atoms with Gasteiger partial charge in [0, 0.05) is 23.1 Å². The van der Waals surface area contributed by atoms with Crippen LogP contribution in [0.3, 0.4) is 0 Å². The third-order valence-corrected chi connectivity index (χ3v) is 7.32. The highest BCUT2D eigenvalue weighted by atomic mass is 32.2. The highest BCUT2D eigenvalue weighted by Gasteiger charge is 2.48. The van der Waals surface area contributed by atoms with E-state index in [4.69, 9.17) is 0 Å². The van der Waals surface area contributed by atoms with Gasteiger partial charge in [0.05, 0.1) is 16.8 Å². The van der Waals surface area contributed by atoms with Crippen molar-refractivity contribution < 1.29 is 18.0 Å². The molecule has 0 bridgehead atoms. The summed E-state index contributed by atoms with van der Waals surface area (Å²) in [4.78, 5) is 25.5. The molecule has 0 spiro atoms. The number of fused-ring (bicyclic) bond motifs is 1. The Hall–Kier alpha value is -2.68. The minimum atomic E-state index is -3.92. The van der Waals surface area contributed by atoms with Gasteiger partial charge in [-0.1, -0.05) is 20.8 Å². The van der Waals surface area contributed by atoms with Crippen molar-refractivity contribution in [3.63, 3.8) is 0 Å². The average molecular weight is 445 g/mol. The zero-order chi connectivity index (χ0) is 22.9. The van der Waals surface area contributed by atoms with Gasteiger partial charge in [-0.15, -0.1) is 0 Å². The van der Waals surface area contributed by atoms with Crippen LogP contribution < -0.4 is 5.32 Å². The van der Waals surface area contributed by atoms with E-state index in [0.29, 0.717) is 18.7 Å². The Balaban J connectivity index is 1.68. The van der Waals surface area contributed by atoms with Gasteiger partial charge in [-0.2, -0.15) is 5.10 Å². The van der Waals surface area contributed by atoms with E-state index in [1.807, 2.05) is 47.6 Å². The van der Waals surface area contributed by atoms with Crippen LogP contribution >= 0.6 is 0 Å². The fraction of sp³-hybridized carbons (Fsp3) is 0.500. The molecule has 1 fully saturated rings. The fourth-order valence-electron chi connectivity index (χ4n) is 3.60. The molecule has 2 aliphatic rings. The molecule has 9 heteroatoms. The number of rotatable bonds is 3. The van der Waals surface area contributed by atoms with Crippen molar-refractivity contribution in [3.8, 4) is 0 Å². The maximum atomic E-state index is 13.0. The molecule has 0 atom stereocenters. The fourth-order valence-corrected chi connectivity index (χ4v) is 5.44. The predicted octanol–water partition coefficient (Wildman–Crippen LogP) is 3.49. The summed E-state index contributed by atoms with van der Waals surface area (Å²) in [5.41, 5.74) is 0.555. The number of nitrogens with one attached hydrogen (secondary N) is 1. The van der Waals surface area contributed by atoms with Gasteiger partial charge in [0.1, 0.15) is 10.7 Å². The summed E-state index contributed by atoms with van der Waals surface area (Å²) in [6.07, 6.45) is 1.36. The summed E-state index contributed by atoms with van der Waals surface area (Å²) in [6.45, 7) is 12.1. The smallest absolute Gasteiger partial charge is 0.269 e. The van der Waals surface area contributed by atoms with E-state index >= 15 is 0 Å². The average Bonchev–Trinajstić information content (AvgIpc) is 3.31. The second-order valence-corrected chi connectivity index (χ2v) is 12.0. The first-order valence-electron chi connectivity index (χ1n) is 10.4. The molecule has 8 nitrogen and oxygen atoms in total. The van der Waals surface area contributed by atoms with Gasteiger partial charge < -0.3 is 5.32 Å². The van der Waals surface area contributed by atoms with Gasteiger partial charge in [0.2, 0.25) is 0 Å². The Kier molecular flexibility index (Phi) is 4.63.